The molecule has 0 bridgehead atoms. The van der Waals surface area contributed by atoms with E-state index in [1.807, 2.05) is 27.7 Å². The monoisotopic (exact) mass is 238 g/mol. The van der Waals surface area contributed by atoms with Gasteiger partial charge in [-0.15, -0.1) is 0 Å². The van der Waals surface area contributed by atoms with Crippen molar-refractivity contribution in [3.63, 3.8) is 0 Å². The third kappa shape index (κ3) is 2.85. The number of aryl methyl sites for hydroxylation is 1. The van der Waals surface area contributed by atoms with Crippen molar-refractivity contribution in [2.75, 3.05) is 13.1 Å². The molecule has 0 saturated heterocycles. The van der Waals surface area contributed by atoms with Crippen LogP contribution in [0.5, 0.6) is 0 Å². The van der Waals surface area contributed by atoms with Gasteiger partial charge in [-0.25, -0.2) is 0 Å². The summed E-state index contributed by atoms with van der Waals surface area (Å²) >= 11 is 0. The second kappa shape index (κ2) is 5.82. The summed E-state index contributed by atoms with van der Waals surface area (Å²) in [5.74, 6) is 0.101. The largest absolute Gasteiger partial charge is 0.342 e. The first kappa shape index (κ1) is 13.7. The molecule has 0 saturated carbocycles. The lowest BCUT2D eigenvalue weighted by Gasteiger charge is -2.18. The molecule has 1 rings (SSSR count). The van der Waals surface area contributed by atoms with E-state index in [0.29, 0.717) is 13.1 Å². The second-order valence-electron chi connectivity index (χ2n) is 4.08. The van der Waals surface area contributed by atoms with Gasteiger partial charge in [0.1, 0.15) is 6.54 Å². The SMILES string of the molecule is CCN(CC)C(=O)Cn1nc(C)c(CN)c1C. The van der Waals surface area contributed by atoms with Gasteiger partial charge in [0.2, 0.25) is 5.91 Å². The van der Waals surface area contributed by atoms with Gasteiger partial charge in [0, 0.05) is 30.9 Å². The molecule has 1 amide bonds. The Morgan fingerprint density at radius 1 is 1.35 bits per heavy atom. The highest BCUT2D eigenvalue weighted by Gasteiger charge is 2.15. The number of aromatic nitrogens is 2. The van der Waals surface area contributed by atoms with Crippen molar-refractivity contribution in [3.8, 4) is 0 Å². The molecule has 1 heterocycles. The van der Waals surface area contributed by atoms with Crippen molar-refractivity contribution in [2.24, 2.45) is 5.73 Å². The molecule has 1 aromatic rings. The molecule has 0 atom stereocenters. The quantitative estimate of drug-likeness (QED) is 0.826. The Labute approximate surface area is 103 Å². The van der Waals surface area contributed by atoms with Crippen LogP contribution in [0.2, 0.25) is 0 Å². The molecule has 0 aromatic carbocycles. The van der Waals surface area contributed by atoms with Crippen molar-refractivity contribution in [1.29, 1.82) is 0 Å². The average molecular weight is 238 g/mol. The van der Waals surface area contributed by atoms with Crippen molar-refractivity contribution >= 4 is 5.91 Å². The van der Waals surface area contributed by atoms with Crippen molar-refractivity contribution in [1.82, 2.24) is 14.7 Å². The van der Waals surface area contributed by atoms with E-state index in [2.05, 4.69) is 5.10 Å². The van der Waals surface area contributed by atoms with Gasteiger partial charge in [-0.05, 0) is 27.7 Å². The van der Waals surface area contributed by atoms with E-state index in [1.165, 1.54) is 0 Å². The van der Waals surface area contributed by atoms with E-state index < -0.39 is 0 Å². The fourth-order valence-corrected chi connectivity index (χ4v) is 1.99. The van der Waals surface area contributed by atoms with Crippen LogP contribution in [0.1, 0.15) is 30.8 Å². The Morgan fingerprint density at radius 3 is 2.35 bits per heavy atom. The summed E-state index contributed by atoms with van der Waals surface area (Å²) in [6, 6.07) is 0. The topological polar surface area (TPSA) is 64.2 Å². The Kier molecular flexibility index (Phi) is 4.69. The van der Waals surface area contributed by atoms with Crippen LogP contribution in [0.3, 0.4) is 0 Å². The molecular weight excluding hydrogens is 216 g/mol. The van der Waals surface area contributed by atoms with Crippen LogP contribution in [0.25, 0.3) is 0 Å². The van der Waals surface area contributed by atoms with E-state index >= 15 is 0 Å². The van der Waals surface area contributed by atoms with Gasteiger partial charge in [0.15, 0.2) is 0 Å². The zero-order chi connectivity index (χ0) is 13.0. The van der Waals surface area contributed by atoms with Crippen LogP contribution in [0.15, 0.2) is 0 Å². The number of rotatable bonds is 5. The molecule has 96 valence electrons. The van der Waals surface area contributed by atoms with E-state index in [-0.39, 0.29) is 5.91 Å². The van der Waals surface area contributed by atoms with Gasteiger partial charge in [0.05, 0.1) is 5.69 Å². The summed E-state index contributed by atoms with van der Waals surface area (Å²) in [6.07, 6.45) is 0. The predicted molar refractivity (Wildman–Crippen MR) is 67.5 cm³/mol. The zero-order valence-electron chi connectivity index (χ0n) is 11.2. The summed E-state index contributed by atoms with van der Waals surface area (Å²) in [6.45, 7) is 10.1. The minimum Gasteiger partial charge on any atom is -0.342 e. The normalized spacial score (nSPS) is 10.6. The van der Waals surface area contributed by atoms with E-state index in [9.17, 15) is 4.79 Å². The molecular formula is C12H22N4O. The van der Waals surface area contributed by atoms with Gasteiger partial charge >= 0.3 is 0 Å². The average Bonchev–Trinajstić information content (AvgIpc) is 2.55. The van der Waals surface area contributed by atoms with Gasteiger partial charge in [-0.2, -0.15) is 5.10 Å². The summed E-state index contributed by atoms with van der Waals surface area (Å²) in [4.78, 5) is 13.8. The van der Waals surface area contributed by atoms with Crippen molar-refractivity contribution < 1.29 is 4.79 Å². The van der Waals surface area contributed by atoms with Crippen LogP contribution >= 0.6 is 0 Å². The first-order valence-corrected chi connectivity index (χ1v) is 6.05. The van der Waals surface area contributed by atoms with Gasteiger partial charge < -0.3 is 10.6 Å². The van der Waals surface area contributed by atoms with Gasteiger partial charge in [-0.3, -0.25) is 9.48 Å². The van der Waals surface area contributed by atoms with E-state index in [1.54, 1.807) is 9.58 Å². The summed E-state index contributed by atoms with van der Waals surface area (Å²) in [7, 11) is 0. The lowest BCUT2D eigenvalue weighted by molar-refractivity contribution is -0.131. The molecule has 17 heavy (non-hydrogen) atoms. The molecule has 1 aromatic heterocycles. The number of nitrogens with zero attached hydrogens (tertiary/aromatic N) is 3. The molecule has 0 aliphatic rings. The molecule has 0 spiro atoms. The molecule has 0 radical (unpaired) electrons. The molecule has 0 aliphatic heterocycles. The molecule has 0 aliphatic carbocycles. The third-order valence-corrected chi connectivity index (χ3v) is 3.14. The van der Waals surface area contributed by atoms with Crippen LogP contribution < -0.4 is 5.73 Å². The minimum atomic E-state index is 0.101. The van der Waals surface area contributed by atoms with Gasteiger partial charge in [0.25, 0.3) is 0 Å². The Hall–Kier alpha value is -1.36. The maximum Gasteiger partial charge on any atom is 0.244 e. The van der Waals surface area contributed by atoms with E-state index in [4.69, 9.17) is 5.73 Å². The standard InChI is InChI=1S/C12H22N4O/c1-5-15(6-2)12(17)8-16-10(4)11(7-13)9(3)14-16/h5-8,13H2,1-4H3. The first-order valence-electron chi connectivity index (χ1n) is 6.05. The molecule has 2 N–H and O–H groups in total. The Balaban J connectivity index is 2.85. The minimum absolute atomic E-state index is 0.101. The molecule has 0 fully saturated rings. The highest BCUT2D eigenvalue weighted by molar-refractivity contribution is 5.75. The van der Waals surface area contributed by atoms with Crippen LogP contribution in [-0.2, 0) is 17.9 Å². The zero-order valence-corrected chi connectivity index (χ0v) is 11.2. The Morgan fingerprint density at radius 2 is 1.94 bits per heavy atom. The summed E-state index contributed by atoms with van der Waals surface area (Å²) in [5.41, 5.74) is 8.60. The second-order valence-corrected chi connectivity index (χ2v) is 4.08. The third-order valence-electron chi connectivity index (χ3n) is 3.14. The predicted octanol–water partition coefficient (Wildman–Crippen LogP) is 0.827. The Bertz CT molecular complexity index is 393. The summed E-state index contributed by atoms with van der Waals surface area (Å²) in [5, 5.41) is 4.36. The van der Waals surface area contributed by atoms with Crippen molar-refractivity contribution in [2.45, 2.75) is 40.8 Å². The molecule has 5 heteroatoms. The smallest absolute Gasteiger partial charge is 0.244 e. The molecule has 5 nitrogen and oxygen atoms in total. The number of carbonyl (C=O) groups excluding carboxylic acids is 1. The number of likely N-dealkylation sites (N-methyl/N-ethyl adjacent to an activating group) is 1. The number of hydrogen-bond acceptors (Lipinski definition) is 3. The maximum atomic E-state index is 12.0. The highest BCUT2D eigenvalue weighted by Crippen LogP contribution is 2.12. The van der Waals surface area contributed by atoms with E-state index in [0.717, 1.165) is 30.0 Å². The van der Waals surface area contributed by atoms with Crippen LogP contribution in [-0.4, -0.2) is 33.7 Å². The van der Waals surface area contributed by atoms with Crippen LogP contribution in [0, 0.1) is 13.8 Å². The number of nitrogens with two attached hydrogens (primary N) is 1. The van der Waals surface area contributed by atoms with Crippen LogP contribution in [0.4, 0.5) is 0 Å². The lowest BCUT2D eigenvalue weighted by atomic mass is 10.2. The number of hydrogen-bond donors (Lipinski definition) is 1. The van der Waals surface area contributed by atoms with Gasteiger partial charge in [-0.1, -0.05) is 0 Å². The fraction of sp³-hybridized carbons (Fsp3) is 0.667. The number of carbonyl (C=O) groups is 1. The highest BCUT2D eigenvalue weighted by atomic mass is 16.2. The fourth-order valence-electron chi connectivity index (χ4n) is 1.99. The summed E-state index contributed by atoms with van der Waals surface area (Å²) < 4.78 is 1.75. The maximum absolute atomic E-state index is 12.0. The molecule has 0 unspecified atom stereocenters. The first-order chi connectivity index (χ1) is 8.04. The van der Waals surface area contributed by atoms with Crippen molar-refractivity contribution in [3.05, 3.63) is 17.0 Å². The number of amides is 1. The lowest BCUT2D eigenvalue weighted by Crippen LogP contribution is -2.34.